The Morgan fingerprint density at radius 1 is 1.16 bits per heavy atom. The first-order valence-electron chi connectivity index (χ1n) is 10.8. The molecule has 2 unspecified atom stereocenters. The molecule has 1 amide bonds. The highest BCUT2D eigenvalue weighted by Crippen LogP contribution is 2.29. The number of rotatable bonds is 4. The molecule has 0 radical (unpaired) electrons. The molecular formula is C22H25FN6O2. The van der Waals surface area contributed by atoms with E-state index in [0.717, 1.165) is 32.2 Å². The molecule has 1 saturated carbocycles. The molecule has 2 aliphatic rings. The first-order valence-corrected chi connectivity index (χ1v) is 10.8. The van der Waals surface area contributed by atoms with E-state index in [0.29, 0.717) is 35.9 Å². The Morgan fingerprint density at radius 3 is 2.90 bits per heavy atom. The van der Waals surface area contributed by atoms with Crippen molar-refractivity contribution in [3.05, 3.63) is 42.6 Å². The van der Waals surface area contributed by atoms with Crippen LogP contribution in [0.1, 0.15) is 32.1 Å². The van der Waals surface area contributed by atoms with E-state index in [4.69, 9.17) is 0 Å². The SMILES string of the molecule is O=C(C1CCCC1O)N1CCC[C@@H](Nc2ccnc(-c3cnc4ccc(F)cn34)n2)C1. The van der Waals surface area contributed by atoms with E-state index in [1.807, 2.05) is 4.90 Å². The molecule has 5 rings (SSSR count). The Labute approximate surface area is 179 Å². The standard InChI is InChI=1S/C22H25FN6O2/c23-14-6-7-20-25-11-17(29(20)12-14)21-24-9-8-19(27-21)26-15-3-2-10-28(13-15)22(31)16-4-1-5-18(16)30/h6-9,11-12,15-16,18,30H,1-5,10,13H2,(H,24,26,27)/t15-,16?,18?/m1/s1. The number of aliphatic hydroxyl groups is 1. The average Bonchev–Trinajstić information content (AvgIpc) is 3.39. The molecular weight excluding hydrogens is 399 g/mol. The van der Waals surface area contributed by atoms with E-state index in [-0.39, 0.29) is 23.7 Å². The molecule has 0 spiro atoms. The molecule has 4 heterocycles. The number of amides is 1. The third kappa shape index (κ3) is 3.97. The van der Waals surface area contributed by atoms with E-state index in [1.54, 1.807) is 28.9 Å². The highest BCUT2D eigenvalue weighted by Gasteiger charge is 2.36. The molecule has 31 heavy (non-hydrogen) atoms. The predicted octanol–water partition coefficient (Wildman–Crippen LogP) is 2.49. The van der Waals surface area contributed by atoms with Gasteiger partial charge in [-0.15, -0.1) is 0 Å². The van der Waals surface area contributed by atoms with Gasteiger partial charge in [0.25, 0.3) is 0 Å². The quantitative estimate of drug-likeness (QED) is 0.668. The highest BCUT2D eigenvalue weighted by molar-refractivity contribution is 5.80. The maximum atomic E-state index is 13.7. The molecule has 2 N–H and O–H groups in total. The third-order valence-corrected chi connectivity index (χ3v) is 6.24. The van der Waals surface area contributed by atoms with Crippen LogP contribution in [0, 0.1) is 11.7 Å². The van der Waals surface area contributed by atoms with Crippen molar-refractivity contribution in [2.24, 2.45) is 5.92 Å². The molecule has 162 valence electrons. The zero-order valence-electron chi connectivity index (χ0n) is 17.1. The Morgan fingerprint density at radius 2 is 2.06 bits per heavy atom. The van der Waals surface area contributed by atoms with Crippen LogP contribution >= 0.6 is 0 Å². The van der Waals surface area contributed by atoms with Gasteiger partial charge in [-0.25, -0.2) is 19.3 Å². The van der Waals surface area contributed by atoms with Crippen molar-refractivity contribution < 1.29 is 14.3 Å². The average molecular weight is 424 g/mol. The van der Waals surface area contributed by atoms with Crippen molar-refractivity contribution in [1.82, 2.24) is 24.3 Å². The molecule has 9 heteroatoms. The summed E-state index contributed by atoms with van der Waals surface area (Å²) in [5.41, 5.74) is 1.22. The van der Waals surface area contributed by atoms with Gasteiger partial charge in [-0.3, -0.25) is 9.20 Å². The van der Waals surface area contributed by atoms with Crippen LogP contribution in [-0.4, -0.2) is 60.5 Å². The van der Waals surface area contributed by atoms with Gasteiger partial charge in [0.15, 0.2) is 5.82 Å². The van der Waals surface area contributed by atoms with Crippen LogP contribution in [0.5, 0.6) is 0 Å². The second-order valence-electron chi connectivity index (χ2n) is 8.36. The van der Waals surface area contributed by atoms with Crippen LogP contribution in [-0.2, 0) is 4.79 Å². The summed E-state index contributed by atoms with van der Waals surface area (Å²) in [6.45, 7) is 1.31. The molecule has 1 saturated heterocycles. The van der Waals surface area contributed by atoms with E-state index in [2.05, 4.69) is 20.3 Å². The monoisotopic (exact) mass is 424 g/mol. The van der Waals surface area contributed by atoms with Crippen LogP contribution in [0.25, 0.3) is 17.2 Å². The number of pyridine rings is 1. The summed E-state index contributed by atoms with van der Waals surface area (Å²) < 4.78 is 15.3. The van der Waals surface area contributed by atoms with Gasteiger partial charge < -0.3 is 15.3 Å². The minimum atomic E-state index is -0.513. The van der Waals surface area contributed by atoms with Gasteiger partial charge >= 0.3 is 0 Å². The van der Waals surface area contributed by atoms with Gasteiger partial charge in [0.2, 0.25) is 5.91 Å². The number of carbonyl (C=O) groups excluding carboxylic acids is 1. The fourth-order valence-corrected chi connectivity index (χ4v) is 4.65. The fraction of sp³-hybridized carbons (Fsp3) is 0.455. The normalized spacial score (nSPS) is 23.9. The van der Waals surface area contributed by atoms with Crippen molar-refractivity contribution in [2.45, 2.75) is 44.2 Å². The second kappa shape index (κ2) is 8.22. The number of likely N-dealkylation sites (tertiary alicyclic amines) is 1. The molecule has 8 nitrogen and oxygen atoms in total. The molecule has 3 atom stereocenters. The number of aliphatic hydroxyl groups excluding tert-OH is 1. The van der Waals surface area contributed by atoms with Gasteiger partial charge in [-0.2, -0.15) is 0 Å². The number of aromatic nitrogens is 4. The Hall–Kier alpha value is -3.07. The molecule has 1 aliphatic carbocycles. The zero-order chi connectivity index (χ0) is 21.4. The lowest BCUT2D eigenvalue weighted by Crippen LogP contribution is -2.48. The van der Waals surface area contributed by atoms with Crippen LogP contribution < -0.4 is 5.32 Å². The summed E-state index contributed by atoms with van der Waals surface area (Å²) in [6, 6.07) is 4.83. The first kappa shape index (κ1) is 19.9. The zero-order valence-corrected chi connectivity index (χ0v) is 17.1. The minimum absolute atomic E-state index is 0.0626. The van der Waals surface area contributed by atoms with Crippen molar-refractivity contribution in [2.75, 3.05) is 18.4 Å². The summed E-state index contributed by atoms with van der Waals surface area (Å²) in [5, 5.41) is 13.5. The fourth-order valence-electron chi connectivity index (χ4n) is 4.65. The molecule has 3 aromatic heterocycles. The summed E-state index contributed by atoms with van der Waals surface area (Å²) >= 11 is 0. The van der Waals surface area contributed by atoms with Crippen molar-refractivity contribution in [3.8, 4) is 11.5 Å². The lowest BCUT2D eigenvalue weighted by atomic mass is 10.00. The smallest absolute Gasteiger partial charge is 0.228 e. The summed E-state index contributed by atoms with van der Waals surface area (Å²) in [5.74, 6) is 0.533. The molecule has 1 aliphatic heterocycles. The van der Waals surface area contributed by atoms with Gasteiger partial charge in [0.1, 0.15) is 23.0 Å². The topological polar surface area (TPSA) is 95.7 Å². The number of hydrogen-bond acceptors (Lipinski definition) is 6. The van der Waals surface area contributed by atoms with Crippen LogP contribution in [0.15, 0.2) is 36.8 Å². The van der Waals surface area contributed by atoms with Crippen LogP contribution in [0.2, 0.25) is 0 Å². The molecule has 3 aromatic rings. The lowest BCUT2D eigenvalue weighted by Gasteiger charge is -2.35. The first-order chi connectivity index (χ1) is 15.1. The maximum absolute atomic E-state index is 13.7. The number of anilines is 1. The van der Waals surface area contributed by atoms with Crippen molar-refractivity contribution in [1.29, 1.82) is 0 Å². The second-order valence-corrected chi connectivity index (χ2v) is 8.36. The van der Waals surface area contributed by atoms with Crippen molar-refractivity contribution >= 4 is 17.4 Å². The van der Waals surface area contributed by atoms with E-state index in [9.17, 15) is 14.3 Å². The predicted molar refractivity (Wildman–Crippen MR) is 113 cm³/mol. The summed E-state index contributed by atoms with van der Waals surface area (Å²) in [7, 11) is 0. The number of imidazole rings is 1. The number of fused-ring (bicyclic) bond motifs is 1. The molecule has 0 bridgehead atoms. The number of nitrogens with zero attached hydrogens (tertiary/aromatic N) is 5. The lowest BCUT2D eigenvalue weighted by molar-refractivity contribution is -0.139. The number of carbonyl (C=O) groups is 1. The number of nitrogens with one attached hydrogen (secondary N) is 1. The van der Waals surface area contributed by atoms with Gasteiger partial charge in [-0.1, -0.05) is 0 Å². The highest BCUT2D eigenvalue weighted by atomic mass is 19.1. The van der Waals surface area contributed by atoms with E-state index < -0.39 is 6.10 Å². The molecule has 2 fully saturated rings. The minimum Gasteiger partial charge on any atom is -0.392 e. The van der Waals surface area contributed by atoms with Gasteiger partial charge in [0.05, 0.1) is 18.2 Å². The van der Waals surface area contributed by atoms with Crippen molar-refractivity contribution in [3.63, 3.8) is 0 Å². The number of piperidine rings is 1. The maximum Gasteiger partial charge on any atom is 0.228 e. The van der Waals surface area contributed by atoms with Crippen LogP contribution in [0.4, 0.5) is 10.2 Å². The summed E-state index contributed by atoms with van der Waals surface area (Å²) in [4.78, 5) is 27.9. The van der Waals surface area contributed by atoms with E-state index in [1.165, 1.54) is 12.3 Å². The number of hydrogen-bond donors (Lipinski definition) is 2. The Kier molecular flexibility index (Phi) is 5.27. The third-order valence-electron chi connectivity index (χ3n) is 6.24. The Bertz CT molecular complexity index is 1100. The summed E-state index contributed by atoms with van der Waals surface area (Å²) in [6.07, 6.45) is 8.35. The molecule has 0 aromatic carbocycles. The largest absolute Gasteiger partial charge is 0.392 e. The van der Waals surface area contributed by atoms with Gasteiger partial charge in [-0.05, 0) is 50.3 Å². The number of halogens is 1. The van der Waals surface area contributed by atoms with Crippen LogP contribution in [0.3, 0.4) is 0 Å². The van der Waals surface area contributed by atoms with E-state index >= 15 is 0 Å². The van der Waals surface area contributed by atoms with Gasteiger partial charge in [0, 0.05) is 31.5 Å². The Balaban J connectivity index is 1.31.